The molecule has 1 aliphatic rings. The molecule has 2 heterocycles. The zero-order valence-electron chi connectivity index (χ0n) is 11.8. The van der Waals surface area contributed by atoms with Crippen LogP contribution in [0, 0.1) is 5.92 Å². The second kappa shape index (κ2) is 7.38. The number of nitrogens with two attached hydrogens (primary N) is 1. The summed E-state index contributed by atoms with van der Waals surface area (Å²) in [5.74, 6) is -0.735. The Morgan fingerprint density at radius 3 is 2.76 bits per heavy atom. The monoisotopic (exact) mass is 308 g/mol. The zero-order valence-corrected chi connectivity index (χ0v) is 12.6. The molecule has 5 nitrogen and oxygen atoms in total. The van der Waals surface area contributed by atoms with Crippen LogP contribution < -0.4 is 5.73 Å². The molecule has 0 radical (unpaired) electrons. The number of hydrogen-bond donors (Lipinski definition) is 2. The van der Waals surface area contributed by atoms with Crippen molar-refractivity contribution >= 4 is 29.3 Å². The number of nitrogens with zero attached hydrogens (tertiary/aromatic N) is 1. The number of carboxylic acid groups (broad SMARTS) is 1. The lowest BCUT2D eigenvalue weighted by Gasteiger charge is -2.31. The lowest BCUT2D eigenvalue weighted by atomic mass is 9.93. The molecule has 0 aromatic carbocycles. The van der Waals surface area contributed by atoms with Crippen LogP contribution in [0.3, 0.4) is 0 Å². The summed E-state index contributed by atoms with van der Waals surface area (Å²) in [7, 11) is 0. The maximum Gasteiger partial charge on any atom is 0.328 e. The van der Waals surface area contributed by atoms with Crippen LogP contribution in [0.5, 0.6) is 0 Å². The lowest BCUT2D eigenvalue weighted by molar-refractivity contribution is -0.131. The van der Waals surface area contributed by atoms with Crippen molar-refractivity contribution in [2.24, 2.45) is 11.7 Å². The molecule has 21 heavy (non-hydrogen) atoms. The number of hydrogen-bond acceptors (Lipinski definition) is 4. The number of primary amides is 1. The molecule has 1 aliphatic heterocycles. The van der Waals surface area contributed by atoms with E-state index in [1.54, 1.807) is 17.4 Å². The Kier molecular flexibility index (Phi) is 5.52. The van der Waals surface area contributed by atoms with Gasteiger partial charge in [-0.3, -0.25) is 9.69 Å². The summed E-state index contributed by atoms with van der Waals surface area (Å²) in [6.07, 6.45) is 5.29. The Balaban J connectivity index is 1.88. The Hall–Kier alpha value is -1.66. The minimum absolute atomic E-state index is 0.215. The number of carbonyl (C=O) groups excluding carboxylic acids is 1. The van der Waals surface area contributed by atoms with Crippen LogP contribution >= 0.6 is 11.3 Å². The SMILES string of the molecule is NC(=O)CC1CCN(Cc2sccc2C=CC(=O)O)CC1. The summed E-state index contributed by atoms with van der Waals surface area (Å²) >= 11 is 1.65. The molecular weight excluding hydrogens is 288 g/mol. The first kappa shape index (κ1) is 15.7. The molecule has 1 aromatic rings. The second-order valence-corrected chi connectivity index (χ2v) is 6.36. The summed E-state index contributed by atoms with van der Waals surface area (Å²) in [4.78, 5) is 25.1. The first-order valence-corrected chi connectivity index (χ1v) is 7.90. The molecule has 1 aromatic heterocycles. The third-order valence-corrected chi connectivity index (χ3v) is 4.67. The zero-order chi connectivity index (χ0) is 15.2. The smallest absolute Gasteiger partial charge is 0.328 e. The van der Waals surface area contributed by atoms with Gasteiger partial charge in [0, 0.05) is 23.9 Å². The molecule has 2 rings (SSSR count). The van der Waals surface area contributed by atoms with Gasteiger partial charge >= 0.3 is 5.97 Å². The van der Waals surface area contributed by atoms with Crippen molar-refractivity contribution in [1.29, 1.82) is 0 Å². The predicted octanol–water partition coefficient (Wildman–Crippen LogP) is 1.93. The molecule has 1 amide bonds. The van der Waals surface area contributed by atoms with Crippen LogP contribution in [0.25, 0.3) is 6.08 Å². The minimum atomic E-state index is -0.931. The molecule has 1 saturated heterocycles. The van der Waals surface area contributed by atoms with E-state index in [0.717, 1.165) is 38.0 Å². The summed E-state index contributed by atoms with van der Waals surface area (Å²) in [5.41, 5.74) is 6.21. The summed E-state index contributed by atoms with van der Waals surface area (Å²) in [5, 5.41) is 10.7. The molecule has 0 spiro atoms. The molecule has 0 atom stereocenters. The van der Waals surface area contributed by atoms with Crippen molar-refractivity contribution < 1.29 is 14.7 Å². The average molecular weight is 308 g/mol. The third kappa shape index (κ3) is 4.99. The number of carbonyl (C=O) groups is 2. The number of amides is 1. The van der Waals surface area contributed by atoms with E-state index in [4.69, 9.17) is 10.8 Å². The fourth-order valence-electron chi connectivity index (χ4n) is 2.62. The maximum absolute atomic E-state index is 10.9. The third-order valence-electron chi connectivity index (χ3n) is 3.75. The van der Waals surface area contributed by atoms with Crippen molar-refractivity contribution in [1.82, 2.24) is 4.90 Å². The molecular formula is C15H20N2O3S. The van der Waals surface area contributed by atoms with E-state index in [1.165, 1.54) is 11.0 Å². The van der Waals surface area contributed by atoms with Gasteiger partial charge in [0.05, 0.1) is 0 Å². The Morgan fingerprint density at radius 1 is 1.43 bits per heavy atom. The highest BCUT2D eigenvalue weighted by Crippen LogP contribution is 2.25. The van der Waals surface area contributed by atoms with Gasteiger partial charge in [0.15, 0.2) is 0 Å². The van der Waals surface area contributed by atoms with E-state index >= 15 is 0 Å². The van der Waals surface area contributed by atoms with Gasteiger partial charge in [-0.1, -0.05) is 0 Å². The van der Waals surface area contributed by atoms with Crippen molar-refractivity contribution in [3.8, 4) is 0 Å². The minimum Gasteiger partial charge on any atom is -0.478 e. The molecule has 3 N–H and O–H groups in total. The standard InChI is InChI=1S/C15H20N2O3S/c16-14(18)9-11-3-6-17(7-4-11)10-13-12(5-8-21-13)1-2-15(19)20/h1-2,5,8,11H,3-4,6-7,9-10H2,(H2,16,18)(H,19,20). The quantitative estimate of drug-likeness (QED) is 0.787. The Morgan fingerprint density at radius 2 is 2.14 bits per heavy atom. The fourth-order valence-corrected chi connectivity index (χ4v) is 3.53. The average Bonchev–Trinajstić information content (AvgIpc) is 2.85. The number of rotatable bonds is 6. The predicted molar refractivity (Wildman–Crippen MR) is 82.8 cm³/mol. The molecule has 0 saturated carbocycles. The van der Waals surface area contributed by atoms with E-state index in [0.29, 0.717) is 12.3 Å². The van der Waals surface area contributed by atoms with Crippen LogP contribution in [-0.2, 0) is 16.1 Å². The molecule has 0 unspecified atom stereocenters. The van der Waals surface area contributed by atoms with Gasteiger partial charge in [0.2, 0.25) is 5.91 Å². The lowest BCUT2D eigenvalue weighted by Crippen LogP contribution is -2.34. The van der Waals surface area contributed by atoms with Crippen molar-refractivity contribution in [3.63, 3.8) is 0 Å². The van der Waals surface area contributed by atoms with Crippen LogP contribution in [0.2, 0.25) is 0 Å². The summed E-state index contributed by atoms with van der Waals surface area (Å²) in [6, 6.07) is 1.94. The van der Waals surface area contributed by atoms with E-state index in [-0.39, 0.29) is 5.91 Å². The number of carboxylic acids is 1. The first-order valence-electron chi connectivity index (χ1n) is 7.02. The number of piperidine rings is 1. The van der Waals surface area contributed by atoms with Crippen LogP contribution in [0.4, 0.5) is 0 Å². The van der Waals surface area contributed by atoms with Gasteiger partial charge in [-0.2, -0.15) is 0 Å². The fraction of sp³-hybridized carbons (Fsp3) is 0.467. The highest BCUT2D eigenvalue weighted by Gasteiger charge is 2.21. The first-order chi connectivity index (χ1) is 10.0. The summed E-state index contributed by atoms with van der Waals surface area (Å²) in [6.45, 7) is 2.75. The highest BCUT2D eigenvalue weighted by molar-refractivity contribution is 7.10. The summed E-state index contributed by atoms with van der Waals surface area (Å²) < 4.78 is 0. The van der Waals surface area contributed by atoms with Gasteiger partial charge in [-0.25, -0.2) is 4.79 Å². The van der Waals surface area contributed by atoms with Gasteiger partial charge in [0.25, 0.3) is 0 Å². The normalized spacial score (nSPS) is 17.3. The number of aliphatic carboxylic acids is 1. The van der Waals surface area contributed by atoms with E-state index < -0.39 is 5.97 Å². The molecule has 0 aliphatic carbocycles. The van der Waals surface area contributed by atoms with Crippen LogP contribution in [-0.4, -0.2) is 35.0 Å². The molecule has 6 heteroatoms. The van der Waals surface area contributed by atoms with Gasteiger partial charge in [-0.05, 0) is 54.9 Å². The van der Waals surface area contributed by atoms with Crippen molar-refractivity contribution in [2.75, 3.05) is 13.1 Å². The van der Waals surface area contributed by atoms with Gasteiger partial charge in [0.1, 0.15) is 0 Å². The van der Waals surface area contributed by atoms with Gasteiger partial charge in [-0.15, -0.1) is 11.3 Å². The van der Waals surface area contributed by atoms with E-state index in [1.807, 2.05) is 11.4 Å². The van der Waals surface area contributed by atoms with Crippen molar-refractivity contribution in [2.45, 2.75) is 25.8 Å². The van der Waals surface area contributed by atoms with Crippen LogP contribution in [0.1, 0.15) is 29.7 Å². The van der Waals surface area contributed by atoms with Gasteiger partial charge < -0.3 is 10.8 Å². The Labute approximate surface area is 128 Å². The molecule has 114 valence electrons. The largest absolute Gasteiger partial charge is 0.478 e. The van der Waals surface area contributed by atoms with Crippen molar-refractivity contribution in [3.05, 3.63) is 28.0 Å². The maximum atomic E-state index is 10.9. The van der Waals surface area contributed by atoms with Crippen LogP contribution in [0.15, 0.2) is 17.5 Å². The molecule has 0 bridgehead atoms. The molecule has 1 fully saturated rings. The van der Waals surface area contributed by atoms with E-state index in [2.05, 4.69) is 4.90 Å². The number of likely N-dealkylation sites (tertiary alicyclic amines) is 1. The Bertz CT molecular complexity index is 531. The number of thiophene rings is 1. The van der Waals surface area contributed by atoms with E-state index in [9.17, 15) is 9.59 Å². The highest BCUT2D eigenvalue weighted by atomic mass is 32.1. The second-order valence-electron chi connectivity index (χ2n) is 5.36. The topological polar surface area (TPSA) is 83.6 Å².